The van der Waals surface area contributed by atoms with Gasteiger partial charge in [0.2, 0.25) is 0 Å². The average Bonchev–Trinajstić information content (AvgIpc) is 2.18. The van der Waals surface area contributed by atoms with E-state index in [4.69, 9.17) is 0 Å². The summed E-state index contributed by atoms with van der Waals surface area (Å²) in [7, 11) is 2.08. The molecule has 1 aliphatic heterocycles. The Kier molecular flexibility index (Phi) is 4.46. The van der Waals surface area contributed by atoms with E-state index in [2.05, 4.69) is 30.8 Å². The van der Waals surface area contributed by atoms with Crippen LogP contribution in [-0.4, -0.2) is 37.6 Å². The molecule has 2 nitrogen and oxygen atoms in total. The molecule has 0 bridgehead atoms. The standard InChI is InChI=1S/C11H22N2/c1-4-7-13-8-6-11(12-3)10(5-2)9-13/h4,10-12H,1,5-9H2,2-3H3. The highest BCUT2D eigenvalue weighted by molar-refractivity contribution is 4.86. The summed E-state index contributed by atoms with van der Waals surface area (Å²) >= 11 is 0. The van der Waals surface area contributed by atoms with Crippen molar-refractivity contribution in [3.05, 3.63) is 12.7 Å². The van der Waals surface area contributed by atoms with Crippen LogP contribution in [0.1, 0.15) is 19.8 Å². The Morgan fingerprint density at radius 3 is 2.92 bits per heavy atom. The Bertz CT molecular complexity index is 156. The first-order valence-corrected chi connectivity index (χ1v) is 5.32. The monoisotopic (exact) mass is 182 g/mol. The lowest BCUT2D eigenvalue weighted by Gasteiger charge is -2.37. The highest BCUT2D eigenvalue weighted by Gasteiger charge is 2.25. The maximum Gasteiger partial charge on any atom is 0.0160 e. The van der Waals surface area contributed by atoms with Gasteiger partial charge in [-0.2, -0.15) is 0 Å². The second-order valence-corrected chi connectivity index (χ2v) is 3.90. The molecule has 1 N–H and O–H groups in total. The largest absolute Gasteiger partial charge is 0.317 e. The Balaban J connectivity index is 2.42. The summed E-state index contributed by atoms with van der Waals surface area (Å²) in [6.07, 6.45) is 4.56. The van der Waals surface area contributed by atoms with Gasteiger partial charge in [-0.15, -0.1) is 6.58 Å². The minimum atomic E-state index is 0.728. The zero-order chi connectivity index (χ0) is 9.68. The van der Waals surface area contributed by atoms with Gasteiger partial charge in [0, 0.05) is 19.1 Å². The van der Waals surface area contributed by atoms with Gasteiger partial charge in [-0.3, -0.25) is 4.90 Å². The van der Waals surface area contributed by atoms with E-state index >= 15 is 0 Å². The van der Waals surface area contributed by atoms with Gasteiger partial charge in [0.15, 0.2) is 0 Å². The van der Waals surface area contributed by atoms with Crippen molar-refractivity contribution >= 4 is 0 Å². The number of piperidine rings is 1. The van der Waals surface area contributed by atoms with Crippen LogP contribution in [-0.2, 0) is 0 Å². The summed E-state index contributed by atoms with van der Waals surface area (Å²) in [5.41, 5.74) is 0. The normalized spacial score (nSPS) is 30.3. The van der Waals surface area contributed by atoms with E-state index in [0.717, 1.165) is 18.5 Å². The molecule has 1 rings (SSSR count). The Labute approximate surface area is 82.0 Å². The molecule has 13 heavy (non-hydrogen) atoms. The molecular weight excluding hydrogens is 160 g/mol. The quantitative estimate of drug-likeness (QED) is 0.663. The minimum absolute atomic E-state index is 0.728. The molecule has 0 saturated carbocycles. The first-order valence-electron chi connectivity index (χ1n) is 5.32. The number of rotatable bonds is 4. The minimum Gasteiger partial charge on any atom is -0.317 e. The molecule has 0 aromatic rings. The molecule has 2 unspecified atom stereocenters. The summed E-state index contributed by atoms with van der Waals surface area (Å²) in [5, 5.41) is 3.42. The fourth-order valence-electron chi connectivity index (χ4n) is 2.25. The van der Waals surface area contributed by atoms with Gasteiger partial charge in [0.25, 0.3) is 0 Å². The number of hydrogen-bond donors (Lipinski definition) is 1. The van der Waals surface area contributed by atoms with Crippen LogP contribution in [0.5, 0.6) is 0 Å². The fourth-order valence-corrected chi connectivity index (χ4v) is 2.25. The van der Waals surface area contributed by atoms with Gasteiger partial charge in [0.05, 0.1) is 0 Å². The van der Waals surface area contributed by atoms with Crippen LogP contribution in [0.15, 0.2) is 12.7 Å². The van der Waals surface area contributed by atoms with Crippen LogP contribution in [0, 0.1) is 5.92 Å². The highest BCUT2D eigenvalue weighted by atomic mass is 15.1. The van der Waals surface area contributed by atoms with E-state index in [0.29, 0.717) is 0 Å². The first kappa shape index (κ1) is 10.7. The van der Waals surface area contributed by atoms with E-state index in [9.17, 15) is 0 Å². The van der Waals surface area contributed by atoms with Crippen molar-refractivity contribution in [3.8, 4) is 0 Å². The molecule has 2 atom stereocenters. The van der Waals surface area contributed by atoms with E-state index < -0.39 is 0 Å². The Hall–Kier alpha value is -0.340. The Morgan fingerprint density at radius 1 is 1.62 bits per heavy atom. The fraction of sp³-hybridized carbons (Fsp3) is 0.818. The summed E-state index contributed by atoms with van der Waals surface area (Å²) in [6.45, 7) is 9.57. The van der Waals surface area contributed by atoms with Gasteiger partial charge in [-0.25, -0.2) is 0 Å². The van der Waals surface area contributed by atoms with Crippen molar-refractivity contribution in [3.63, 3.8) is 0 Å². The van der Waals surface area contributed by atoms with Gasteiger partial charge < -0.3 is 5.32 Å². The maximum atomic E-state index is 3.79. The molecule has 0 amide bonds. The van der Waals surface area contributed by atoms with Gasteiger partial charge in [0.1, 0.15) is 0 Å². The topological polar surface area (TPSA) is 15.3 Å². The number of hydrogen-bond acceptors (Lipinski definition) is 2. The third kappa shape index (κ3) is 2.82. The lowest BCUT2D eigenvalue weighted by Crippen LogP contribution is -2.48. The average molecular weight is 182 g/mol. The summed E-state index contributed by atoms with van der Waals surface area (Å²) in [5.74, 6) is 0.818. The van der Waals surface area contributed by atoms with Crippen LogP contribution in [0.3, 0.4) is 0 Å². The van der Waals surface area contributed by atoms with E-state index in [1.165, 1.54) is 25.9 Å². The molecular formula is C11H22N2. The molecule has 1 saturated heterocycles. The molecule has 0 radical (unpaired) electrons. The predicted octanol–water partition coefficient (Wildman–Crippen LogP) is 1.49. The van der Waals surface area contributed by atoms with Crippen molar-refractivity contribution < 1.29 is 0 Å². The van der Waals surface area contributed by atoms with Crippen LogP contribution in [0.2, 0.25) is 0 Å². The summed E-state index contributed by atoms with van der Waals surface area (Å²) in [6, 6.07) is 0.728. The maximum absolute atomic E-state index is 3.79. The molecule has 0 aromatic heterocycles. The molecule has 1 aliphatic rings. The molecule has 0 aromatic carbocycles. The van der Waals surface area contributed by atoms with Crippen molar-refractivity contribution in [2.24, 2.45) is 5.92 Å². The summed E-state index contributed by atoms with van der Waals surface area (Å²) in [4.78, 5) is 2.50. The van der Waals surface area contributed by atoms with Crippen LogP contribution in [0.25, 0.3) is 0 Å². The van der Waals surface area contributed by atoms with E-state index in [1.807, 2.05) is 6.08 Å². The van der Waals surface area contributed by atoms with Crippen LogP contribution >= 0.6 is 0 Å². The third-order valence-corrected chi connectivity index (χ3v) is 3.10. The van der Waals surface area contributed by atoms with Crippen LogP contribution in [0.4, 0.5) is 0 Å². The van der Waals surface area contributed by atoms with Crippen molar-refractivity contribution in [2.75, 3.05) is 26.7 Å². The van der Waals surface area contributed by atoms with E-state index in [1.54, 1.807) is 0 Å². The molecule has 76 valence electrons. The second kappa shape index (κ2) is 5.40. The molecule has 1 fully saturated rings. The first-order chi connectivity index (χ1) is 6.31. The van der Waals surface area contributed by atoms with E-state index in [-0.39, 0.29) is 0 Å². The zero-order valence-electron chi connectivity index (χ0n) is 8.92. The van der Waals surface area contributed by atoms with Crippen molar-refractivity contribution in [2.45, 2.75) is 25.8 Å². The number of nitrogens with one attached hydrogen (secondary N) is 1. The smallest absolute Gasteiger partial charge is 0.0160 e. The van der Waals surface area contributed by atoms with Gasteiger partial charge in [-0.05, 0) is 25.9 Å². The molecule has 0 spiro atoms. The SMILES string of the molecule is C=CCN1CCC(NC)C(CC)C1. The zero-order valence-corrected chi connectivity index (χ0v) is 8.92. The lowest BCUT2D eigenvalue weighted by molar-refractivity contribution is 0.151. The van der Waals surface area contributed by atoms with Crippen molar-refractivity contribution in [1.29, 1.82) is 0 Å². The molecule has 1 heterocycles. The number of likely N-dealkylation sites (tertiary alicyclic amines) is 1. The van der Waals surface area contributed by atoms with Gasteiger partial charge in [-0.1, -0.05) is 19.4 Å². The van der Waals surface area contributed by atoms with Crippen molar-refractivity contribution in [1.82, 2.24) is 10.2 Å². The highest BCUT2D eigenvalue weighted by Crippen LogP contribution is 2.19. The predicted molar refractivity (Wildman–Crippen MR) is 57.9 cm³/mol. The number of nitrogens with zero attached hydrogens (tertiary/aromatic N) is 1. The van der Waals surface area contributed by atoms with Gasteiger partial charge >= 0.3 is 0 Å². The van der Waals surface area contributed by atoms with Crippen LogP contribution < -0.4 is 5.32 Å². The lowest BCUT2D eigenvalue weighted by atomic mass is 9.90. The second-order valence-electron chi connectivity index (χ2n) is 3.90. The molecule has 2 heteroatoms. The Morgan fingerprint density at radius 2 is 2.38 bits per heavy atom. The molecule has 0 aliphatic carbocycles. The summed E-state index contributed by atoms with van der Waals surface area (Å²) < 4.78 is 0. The third-order valence-electron chi connectivity index (χ3n) is 3.10.